The number of carbonyl (C=O) groups is 1. The summed E-state index contributed by atoms with van der Waals surface area (Å²) in [5.74, 6) is 0.734. The van der Waals surface area contributed by atoms with E-state index in [-0.39, 0.29) is 24.0 Å². The van der Waals surface area contributed by atoms with Gasteiger partial charge in [0.25, 0.3) is 0 Å². The first-order valence-corrected chi connectivity index (χ1v) is 9.64. The Labute approximate surface area is 158 Å². The summed E-state index contributed by atoms with van der Waals surface area (Å²) in [6, 6.07) is 10.2. The number of carbonyl (C=O) groups excluding carboxylic acids is 1. The molecule has 144 valence electrons. The van der Waals surface area contributed by atoms with Gasteiger partial charge in [-0.25, -0.2) is 0 Å². The van der Waals surface area contributed by atoms with Crippen LogP contribution in [-0.2, 0) is 9.53 Å². The second-order valence-corrected chi connectivity index (χ2v) is 7.38. The van der Waals surface area contributed by atoms with Crippen LogP contribution in [0.2, 0.25) is 0 Å². The molecule has 0 unspecified atom stereocenters. The number of hydrogen-bond acceptors (Lipinski definition) is 6. The van der Waals surface area contributed by atoms with Crippen molar-refractivity contribution in [2.24, 2.45) is 0 Å². The average Bonchev–Trinajstić information content (AvgIpc) is 3.20. The molecule has 2 aliphatic rings. The molecule has 1 aromatic carbocycles. The molecule has 2 heterocycles. The first kappa shape index (κ1) is 18.1. The molecule has 1 amide bonds. The number of rotatable bonds is 4. The summed E-state index contributed by atoms with van der Waals surface area (Å²) in [5.41, 5.74) is 0.975. The number of amides is 1. The van der Waals surface area contributed by atoms with Gasteiger partial charge in [-0.3, -0.25) is 9.69 Å². The largest absolute Gasteiger partial charge is 0.378 e. The van der Waals surface area contributed by atoms with E-state index in [1.54, 1.807) is 4.80 Å². The minimum absolute atomic E-state index is 0.0749. The van der Waals surface area contributed by atoms with E-state index in [4.69, 9.17) is 4.74 Å². The van der Waals surface area contributed by atoms with E-state index in [9.17, 15) is 4.79 Å². The van der Waals surface area contributed by atoms with Crippen molar-refractivity contribution < 1.29 is 9.53 Å². The molecule has 0 radical (unpaired) electrons. The summed E-state index contributed by atoms with van der Waals surface area (Å²) in [6.07, 6.45) is 3.73. The number of tetrazole rings is 1. The summed E-state index contributed by atoms with van der Waals surface area (Å²) in [4.78, 5) is 16.3. The van der Waals surface area contributed by atoms with E-state index in [0.29, 0.717) is 19.0 Å². The van der Waals surface area contributed by atoms with Gasteiger partial charge in [-0.15, -0.1) is 10.2 Å². The first-order valence-electron chi connectivity index (χ1n) is 9.64. The zero-order valence-electron chi connectivity index (χ0n) is 15.6. The van der Waals surface area contributed by atoms with Crippen LogP contribution in [0.15, 0.2) is 30.3 Å². The monoisotopic (exact) mass is 370 g/mol. The van der Waals surface area contributed by atoms with Crippen molar-refractivity contribution in [3.05, 3.63) is 30.3 Å². The predicted molar refractivity (Wildman–Crippen MR) is 99.9 cm³/mol. The quantitative estimate of drug-likeness (QED) is 0.872. The molecular formula is C19H26N6O2. The number of hydrogen-bond donors (Lipinski definition) is 1. The topological polar surface area (TPSA) is 85.2 Å². The van der Waals surface area contributed by atoms with Gasteiger partial charge in [-0.05, 0) is 37.9 Å². The number of nitrogens with one attached hydrogen (secondary N) is 1. The third-order valence-electron chi connectivity index (χ3n) is 5.53. The van der Waals surface area contributed by atoms with Crippen molar-refractivity contribution in [2.75, 3.05) is 26.8 Å². The number of aromatic nitrogens is 4. The minimum Gasteiger partial charge on any atom is -0.378 e. The van der Waals surface area contributed by atoms with Crippen LogP contribution in [0.3, 0.4) is 0 Å². The summed E-state index contributed by atoms with van der Waals surface area (Å²) < 4.78 is 5.45. The maximum absolute atomic E-state index is 12.5. The standard InChI is InChI=1S/C19H26N6O2/c1-24-11-12-27-13-17(24)19(26)20-15-7-9-16(10-8-15)25-22-18(21-23-25)14-5-3-2-4-6-14/h2-6,15-17H,7-13H2,1H3,(H,20,26)/t15?,16?,17-/m1/s1. The molecule has 8 heteroatoms. The van der Waals surface area contributed by atoms with E-state index >= 15 is 0 Å². The molecule has 0 bridgehead atoms. The van der Waals surface area contributed by atoms with Crippen LogP contribution in [0.1, 0.15) is 31.7 Å². The predicted octanol–water partition coefficient (Wildman–Crippen LogP) is 1.27. The van der Waals surface area contributed by atoms with Crippen molar-refractivity contribution in [3.63, 3.8) is 0 Å². The second-order valence-electron chi connectivity index (χ2n) is 7.38. The van der Waals surface area contributed by atoms with E-state index in [0.717, 1.165) is 37.8 Å². The molecule has 1 aromatic heterocycles. The number of benzene rings is 1. The van der Waals surface area contributed by atoms with E-state index in [2.05, 4.69) is 25.6 Å². The zero-order valence-corrected chi connectivity index (χ0v) is 15.6. The van der Waals surface area contributed by atoms with Gasteiger partial charge in [0.1, 0.15) is 6.04 Å². The highest BCUT2D eigenvalue weighted by atomic mass is 16.5. The van der Waals surface area contributed by atoms with Gasteiger partial charge >= 0.3 is 0 Å². The van der Waals surface area contributed by atoms with Crippen molar-refractivity contribution >= 4 is 5.91 Å². The van der Waals surface area contributed by atoms with Crippen molar-refractivity contribution in [1.29, 1.82) is 0 Å². The first-order chi connectivity index (χ1) is 13.2. The van der Waals surface area contributed by atoms with Gasteiger partial charge < -0.3 is 10.1 Å². The minimum atomic E-state index is -0.179. The zero-order chi connectivity index (χ0) is 18.6. The maximum Gasteiger partial charge on any atom is 0.239 e. The van der Waals surface area contributed by atoms with Gasteiger partial charge in [-0.2, -0.15) is 4.80 Å². The highest BCUT2D eigenvalue weighted by Gasteiger charge is 2.30. The lowest BCUT2D eigenvalue weighted by Gasteiger charge is -2.34. The van der Waals surface area contributed by atoms with Gasteiger partial charge in [-0.1, -0.05) is 30.3 Å². The fourth-order valence-electron chi connectivity index (χ4n) is 3.79. The molecule has 27 heavy (non-hydrogen) atoms. The SMILES string of the molecule is CN1CCOC[C@@H]1C(=O)NC1CCC(n2nnc(-c3ccccc3)n2)CC1. The van der Waals surface area contributed by atoms with E-state index < -0.39 is 0 Å². The number of morpholine rings is 1. The molecular weight excluding hydrogens is 344 g/mol. The Morgan fingerprint density at radius 2 is 1.96 bits per heavy atom. The lowest BCUT2D eigenvalue weighted by Crippen LogP contribution is -2.54. The van der Waals surface area contributed by atoms with Gasteiger partial charge in [0.2, 0.25) is 11.7 Å². The molecule has 1 atom stereocenters. The van der Waals surface area contributed by atoms with Crippen LogP contribution >= 0.6 is 0 Å². The van der Waals surface area contributed by atoms with Crippen LogP contribution in [0.25, 0.3) is 11.4 Å². The van der Waals surface area contributed by atoms with Crippen molar-refractivity contribution in [1.82, 2.24) is 30.4 Å². The van der Waals surface area contributed by atoms with Crippen molar-refractivity contribution in [2.45, 2.75) is 43.8 Å². The Bertz CT molecular complexity index is 757. The second kappa shape index (κ2) is 8.14. The van der Waals surface area contributed by atoms with E-state index in [1.807, 2.05) is 37.4 Å². The molecule has 8 nitrogen and oxygen atoms in total. The Morgan fingerprint density at radius 1 is 1.19 bits per heavy atom. The number of likely N-dealkylation sites (N-methyl/N-ethyl adjacent to an activating group) is 1. The summed E-state index contributed by atoms with van der Waals surface area (Å²) >= 11 is 0. The normalized spacial score (nSPS) is 26.6. The summed E-state index contributed by atoms with van der Waals surface area (Å²) in [6.45, 7) is 1.97. The van der Waals surface area contributed by atoms with Crippen LogP contribution in [-0.4, -0.2) is 69.9 Å². The number of nitrogens with zero attached hydrogens (tertiary/aromatic N) is 5. The highest BCUT2D eigenvalue weighted by Crippen LogP contribution is 2.28. The number of ether oxygens (including phenoxy) is 1. The maximum atomic E-state index is 12.5. The summed E-state index contributed by atoms with van der Waals surface area (Å²) in [7, 11) is 1.98. The van der Waals surface area contributed by atoms with Crippen LogP contribution in [0.5, 0.6) is 0 Å². The smallest absolute Gasteiger partial charge is 0.239 e. The molecule has 1 saturated carbocycles. The van der Waals surface area contributed by atoms with Gasteiger partial charge in [0, 0.05) is 18.2 Å². The highest BCUT2D eigenvalue weighted by molar-refractivity contribution is 5.82. The molecule has 1 aliphatic carbocycles. The molecule has 2 aromatic rings. The van der Waals surface area contributed by atoms with Gasteiger partial charge in [0.05, 0.1) is 19.3 Å². The average molecular weight is 370 g/mol. The lowest BCUT2D eigenvalue weighted by atomic mass is 9.91. The van der Waals surface area contributed by atoms with E-state index in [1.165, 1.54) is 0 Å². The third kappa shape index (κ3) is 4.17. The fourth-order valence-corrected chi connectivity index (χ4v) is 3.79. The van der Waals surface area contributed by atoms with Crippen LogP contribution in [0, 0.1) is 0 Å². The Kier molecular flexibility index (Phi) is 5.45. The van der Waals surface area contributed by atoms with Crippen molar-refractivity contribution in [3.8, 4) is 11.4 Å². The van der Waals surface area contributed by atoms with Crippen LogP contribution < -0.4 is 5.32 Å². The molecule has 2 fully saturated rings. The Balaban J connectivity index is 1.30. The fraction of sp³-hybridized carbons (Fsp3) is 0.579. The van der Waals surface area contributed by atoms with Gasteiger partial charge in [0.15, 0.2) is 0 Å². The molecule has 0 spiro atoms. The molecule has 4 rings (SSSR count). The molecule has 1 N–H and O–H groups in total. The molecule has 1 aliphatic heterocycles. The third-order valence-corrected chi connectivity index (χ3v) is 5.53. The van der Waals surface area contributed by atoms with Crippen LogP contribution in [0.4, 0.5) is 0 Å². The summed E-state index contributed by atoms with van der Waals surface area (Å²) in [5, 5.41) is 16.2. The lowest BCUT2D eigenvalue weighted by molar-refractivity contribution is -0.132. The molecule has 1 saturated heterocycles. The Hall–Kier alpha value is -2.32. The Morgan fingerprint density at radius 3 is 2.70 bits per heavy atom.